The van der Waals surface area contributed by atoms with Crippen LogP contribution in [0.5, 0.6) is 0 Å². The van der Waals surface area contributed by atoms with E-state index in [1.54, 1.807) is 0 Å². The molecule has 1 N–H and O–H groups in total. The van der Waals surface area contributed by atoms with E-state index in [-0.39, 0.29) is 11.7 Å². The quantitative estimate of drug-likeness (QED) is 0.683. The number of Topliss-reactive ketones (excluding diaryl/α,β-unsaturated/α-hetero) is 1. The summed E-state index contributed by atoms with van der Waals surface area (Å²) < 4.78 is 0. The number of hydrogen-bond donors (Lipinski definition) is 1. The molecule has 0 radical (unpaired) electrons. The van der Waals surface area contributed by atoms with Crippen molar-refractivity contribution in [3.8, 4) is 0 Å². The molecule has 58 valence electrons. The van der Waals surface area contributed by atoms with Crippen molar-refractivity contribution in [2.45, 2.75) is 13.3 Å². The van der Waals surface area contributed by atoms with E-state index in [0.717, 1.165) is 0 Å². The van der Waals surface area contributed by atoms with Crippen LogP contribution in [0.3, 0.4) is 0 Å². The molecule has 0 spiro atoms. The molecule has 0 aromatic carbocycles. The van der Waals surface area contributed by atoms with Crippen LogP contribution in [0.25, 0.3) is 0 Å². The minimum absolute atomic E-state index is 0.0950. The van der Waals surface area contributed by atoms with Crippen LogP contribution in [0.2, 0.25) is 0 Å². The van der Waals surface area contributed by atoms with Gasteiger partial charge in [0.2, 0.25) is 5.91 Å². The second-order valence-electron chi connectivity index (χ2n) is 1.91. The Hall–Kier alpha value is -0.380. The summed E-state index contributed by atoms with van der Waals surface area (Å²) >= 11 is 3.02. The second-order valence-corrected chi connectivity index (χ2v) is 2.47. The molecular weight excluding hydrogens is 198 g/mol. The first-order valence-corrected chi connectivity index (χ1v) is 4.11. The van der Waals surface area contributed by atoms with Crippen LogP contribution >= 0.6 is 15.9 Å². The molecule has 10 heavy (non-hydrogen) atoms. The van der Waals surface area contributed by atoms with E-state index in [1.165, 1.54) is 6.92 Å². The van der Waals surface area contributed by atoms with Gasteiger partial charge < -0.3 is 5.32 Å². The number of nitrogens with one attached hydrogen (secondary N) is 1. The number of rotatable bonds is 4. The summed E-state index contributed by atoms with van der Waals surface area (Å²) in [5, 5.41) is 2.90. The predicted molar refractivity (Wildman–Crippen MR) is 42.1 cm³/mol. The average molecular weight is 208 g/mol. The lowest BCUT2D eigenvalue weighted by atomic mass is 10.3. The van der Waals surface area contributed by atoms with Crippen molar-refractivity contribution in [1.82, 2.24) is 5.32 Å². The van der Waals surface area contributed by atoms with Gasteiger partial charge in [-0.3, -0.25) is 9.59 Å². The minimum Gasteiger partial charge on any atom is -0.356 e. The zero-order chi connectivity index (χ0) is 7.98. The van der Waals surface area contributed by atoms with E-state index in [9.17, 15) is 9.59 Å². The summed E-state index contributed by atoms with van der Waals surface area (Å²) in [7, 11) is 0. The lowest BCUT2D eigenvalue weighted by Crippen LogP contribution is -2.23. The van der Waals surface area contributed by atoms with Crippen LogP contribution in [0.1, 0.15) is 13.3 Å². The molecule has 0 bridgehead atoms. The molecule has 0 aliphatic rings. The van der Waals surface area contributed by atoms with Gasteiger partial charge in [0.1, 0.15) is 5.78 Å². The van der Waals surface area contributed by atoms with Crippen molar-refractivity contribution in [2.24, 2.45) is 0 Å². The lowest BCUT2D eigenvalue weighted by Gasteiger charge is -1.97. The van der Waals surface area contributed by atoms with Gasteiger partial charge >= 0.3 is 0 Å². The fourth-order valence-electron chi connectivity index (χ4n) is 0.445. The summed E-state index contributed by atoms with van der Waals surface area (Å²) in [6.07, 6.45) is 0.408. The van der Waals surface area contributed by atoms with Crippen molar-refractivity contribution in [3.05, 3.63) is 0 Å². The lowest BCUT2D eigenvalue weighted by molar-refractivity contribution is -0.119. The maximum absolute atomic E-state index is 10.6. The maximum atomic E-state index is 10.6. The molecule has 0 aliphatic carbocycles. The molecule has 0 rings (SSSR count). The third-order valence-corrected chi connectivity index (χ3v) is 1.55. The largest absolute Gasteiger partial charge is 0.356 e. The summed E-state index contributed by atoms with van der Waals surface area (Å²) in [5.41, 5.74) is 0. The van der Waals surface area contributed by atoms with Crippen LogP contribution in [-0.4, -0.2) is 23.6 Å². The average Bonchev–Trinajstić information content (AvgIpc) is 1.87. The Balaban J connectivity index is 3.20. The van der Waals surface area contributed by atoms with E-state index >= 15 is 0 Å². The van der Waals surface area contributed by atoms with Gasteiger partial charge in [0.25, 0.3) is 0 Å². The van der Waals surface area contributed by atoms with Crippen molar-refractivity contribution in [2.75, 3.05) is 11.9 Å². The van der Waals surface area contributed by atoms with Gasteiger partial charge in [0.05, 0.1) is 5.33 Å². The van der Waals surface area contributed by atoms with Crippen molar-refractivity contribution in [3.63, 3.8) is 0 Å². The standard InChI is InChI=1S/C6H10BrNO2/c1-5(9)8-3-2-6(10)4-7/h2-4H2,1H3,(H,8,9). The van der Waals surface area contributed by atoms with Gasteiger partial charge in [-0.15, -0.1) is 0 Å². The molecule has 0 saturated carbocycles. The topological polar surface area (TPSA) is 46.2 Å². The summed E-state index contributed by atoms with van der Waals surface area (Å²) in [5.74, 6) is 0.0103. The Morgan fingerprint density at radius 3 is 2.50 bits per heavy atom. The van der Waals surface area contributed by atoms with Gasteiger partial charge in [-0.05, 0) is 0 Å². The Morgan fingerprint density at radius 1 is 1.50 bits per heavy atom. The Labute approximate surface area is 68.3 Å². The highest BCUT2D eigenvalue weighted by Gasteiger charge is 1.97. The van der Waals surface area contributed by atoms with E-state index in [0.29, 0.717) is 18.3 Å². The number of halogens is 1. The van der Waals surface area contributed by atoms with Crippen molar-refractivity contribution < 1.29 is 9.59 Å². The molecule has 0 fully saturated rings. The predicted octanol–water partition coefficient (Wildman–Crippen LogP) is 0.477. The van der Waals surface area contributed by atoms with Gasteiger partial charge in [-0.1, -0.05) is 15.9 Å². The zero-order valence-corrected chi connectivity index (χ0v) is 7.40. The number of carbonyl (C=O) groups excluding carboxylic acids is 2. The Kier molecular flexibility index (Phi) is 5.20. The monoisotopic (exact) mass is 207 g/mol. The summed E-state index contributed by atoms with van der Waals surface area (Å²) in [6, 6.07) is 0. The van der Waals surface area contributed by atoms with E-state index in [1.807, 2.05) is 0 Å². The highest BCUT2D eigenvalue weighted by atomic mass is 79.9. The normalized spacial score (nSPS) is 9.00. The maximum Gasteiger partial charge on any atom is 0.216 e. The van der Waals surface area contributed by atoms with E-state index in [4.69, 9.17) is 0 Å². The van der Waals surface area contributed by atoms with Crippen LogP contribution < -0.4 is 5.32 Å². The first-order valence-electron chi connectivity index (χ1n) is 2.99. The molecule has 0 aliphatic heterocycles. The highest BCUT2D eigenvalue weighted by molar-refractivity contribution is 9.09. The molecule has 1 amide bonds. The Bertz CT molecular complexity index is 136. The molecular formula is C6H10BrNO2. The third-order valence-electron chi connectivity index (χ3n) is 0.927. The molecule has 3 nitrogen and oxygen atoms in total. The van der Waals surface area contributed by atoms with Gasteiger partial charge in [-0.2, -0.15) is 0 Å². The highest BCUT2D eigenvalue weighted by Crippen LogP contribution is 1.86. The number of alkyl halides is 1. The first-order chi connectivity index (χ1) is 4.66. The zero-order valence-electron chi connectivity index (χ0n) is 5.82. The van der Waals surface area contributed by atoms with Crippen molar-refractivity contribution in [1.29, 1.82) is 0 Å². The molecule has 4 heteroatoms. The third kappa shape index (κ3) is 5.75. The molecule has 0 saturated heterocycles. The molecule has 0 aromatic heterocycles. The van der Waals surface area contributed by atoms with Crippen molar-refractivity contribution >= 4 is 27.6 Å². The van der Waals surface area contributed by atoms with Gasteiger partial charge in [0, 0.05) is 19.9 Å². The number of ketones is 1. The number of amides is 1. The number of hydrogen-bond acceptors (Lipinski definition) is 2. The summed E-state index contributed by atoms with van der Waals surface area (Å²) in [4.78, 5) is 20.9. The second kappa shape index (κ2) is 5.41. The molecule has 0 unspecified atom stereocenters. The van der Waals surface area contributed by atoms with Gasteiger partial charge in [-0.25, -0.2) is 0 Å². The van der Waals surface area contributed by atoms with E-state index < -0.39 is 0 Å². The fourth-order valence-corrected chi connectivity index (χ4v) is 0.725. The van der Waals surface area contributed by atoms with Gasteiger partial charge in [0.15, 0.2) is 0 Å². The number of carbonyl (C=O) groups is 2. The molecule has 0 aromatic rings. The molecule has 0 heterocycles. The molecule has 0 atom stereocenters. The van der Waals surface area contributed by atoms with E-state index in [2.05, 4.69) is 21.2 Å². The van der Waals surface area contributed by atoms with Crippen LogP contribution in [-0.2, 0) is 9.59 Å². The van der Waals surface area contributed by atoms with Crippen LogP contribution in [0.4, 0.5) is 0 Å². The first kappa shape index (κ1) is 9.62. The Morgan fingerprint density at radius 2 is 2.10 bits per heavy atom. The minimum atomic E-state index is -0.0950. The van der Waals surface area contributed by atoms with Crippen LogP contribution in [0, 0.1) is 0 Å². The smallest absolute Gasteiger partial charge is 0.216 e. The SMILES string of the molecule is CC(=O)NCCC(=O)CBr. The summed E-state index contributed by atoms with van der Waals surface area (Å²) in [6.45, 7) is 1.87. The fraction of sp³-hybridized carbons (Fsp3) is 0.667. The van der Waals surface area contributed by atoms with Crippen LogP contribution in [0.15, 0.2) is 0 Å².